The third kappa shape index (κ3) is 3.67. The predicted octanol–water partition coefficient (Wildman–Crippen LogP) is 1.47. The molecule has 1 aromatic heterocycles. The number of benzene rings is 1. The van der Waals surface area contributed by atoms with Crippen LogP contribution in [0.15, 0.2) is 35.5 Å². The Morgan fingerprint density at radius 1 is 1.26 bits per heavy atom. The highest BCUT2D eigenvalue weighted by Crippen LogP contribution is 2.32. The number of amides is 1. The Balaban J connectivity index is 1.51. The molecule has 2 aliphatic heterocycles. The Labute approximate surface area is 163 Å². The van der Waals surface area contributed by atoms with Crippen molar-refractivity contribution >= 4 is 38.3 Å². The number of pyridine rings is 1. The van der Waals surface area contributed by atoms with E-state index in [2.05, 4.69) is 15.2 Å². The van der Waals surface area contributed by atoms with Gasteiger partial charge in [0.25, 0.3) is 0 Å². The number of nitrogens with zero attached hydrogens (tertiary/aromatic N) is 3. The maximum Gasteiger partial charge on any atom is 0.243 e. The molecule has 1 N–H and O–H groups in total. The molecule has 0 spiro atoms. The highest BCUT2D eigenvalue weighted by atomic mass is 35.5. The van der Waals surface area contributed by atoms with Crippen molar-refractivity contribution < 1.29 is 13.2 Å². The van der Waals surface area contributed by atoms with Gasteiger partial charge in [0, 0.05) is 42.3 Å². The Hall–Kier alpha value is -1.74. The Morgan fingerprint density at radius 2 is 2.07 bits per heavy atom. The van der Waals surface area contributed by atoms with Gasteiger partial charge in [0.05, 0.1) is 16.5 Å². The Kier molecular flexibility index (Phi) is 5.07. The summed E-state index contributed by atoms with van der Waals surface area (Å²) < 4.78 is 27.8. The minimum absolute atomic E-state index is 0.0433. The van der Waals surface area contributed by atoms with Crippen LogP contribution in [0.3, 0.4) is 0 Å². The van der Waals surface area contributed by atoms with Crippen molar-refractivity contribution in [2.75, 3.05) is 32.7 Å². The number of sulfonamides is 1. The van der Waals surface area contributed by atoms with Gasteiger partial charge in [-0.05, 0) is 32.0 Å². The second kappa shape index (κ2) is 7.35. The van der Waals surface area contributed by atoms with Gasteiger partial charge in [-0.3, -0.25) is 14.7 Å². The number of halogens is 1. The second-order valence-electron chi connectivity index (χ2n) is 7.02. The molecule has 2 fully saturated rings. The average Bonchev–Trinajstić information content (AvgIpc) is 3.07. The molecule has 0 aliphatic carbocycles. The van der Waals surface area contributed by atoms with Crippen LogP contribution < -0.4 is 5.32 Å². The van der Waals surface area contributed by atoms with E-state index in [0.717, 1.165) is 19.5 Å². The lowest BCUT2D eigenvalue weighted by Gasteiger charge is -2.30. The summed E-state index contributed by atoms with van der Waals surface area (Å²) in [5.74, 6) is -0.0433. The third-order valence-electron chi connectivity index (χ3n) is 5.15. The number of aromatic nitrogens is 1. The van der Waals surface area contributed by atoms with Crippen molar-refractivity contribution in [3.63, 3.8) is 0 Å². The molecule has 0 radical (unpaired) electrons. The number of carbonyl (C=O) groups is 1. The Bertz CT molecular complexity index is 972. The quantitative estimate of drug-likeness (QED) is 0.810. The molecular weight excluding hydrogens is 388 g/mol. The van der Waals surface area contributed by atoms with Gasteiger partial charge in [-0.2, -0.15) is 4.31 Å². The van der Waals surface area contributed by atoms with E-state index >= 15 is 0 Å². The summed E-state index contributed by atoms with van der Waals surface area (Å²) in [6, 6.07) is 4.88. The number of hydrogen-bond acceptors (Lipinski definition) is 5. The van der Waals surface area contributed by atoms with E-state index in [1.54, 1.807) is 24.4 Å². The summed E-state index contributed by atoms with van der Waals surface area (Å²) >= 11 is 6.23. The molecule has 0 saturated carbocycles. The van der Waals surface area contributed by atoms with E-state index in [-0.39, 0.29) is 23.4 Å². The van der Waals surface area contributed by atoms with Crippen LogP contribution in [0.25, 0.3) is 10.8 Å². The maximum atomic E-state index is 13.2. The van der Waals surface area contributed by atoms with Crippen LogP contribution in [0.1, 0.15) is 12.8 Å². The molecule has 9 heteroatoms. The summed E-state index contributed by atoms with van der Waals surface area (Å²) in [6.07, 6.45) is 4.78. The molecule has 1 atom stereocenters. The first-order valence-corrected chi connectivity index (χ1v) is 10.8. The van der Waals surface area contributed by atoms with Gasteiger partial charge in [-0.1, -0.05) is 23.7 Å². The summed E-state index contributed by atoms with van der Waals surface area (Å²) in [6.45, 7) is 2.93. The fourth-order valence-electron chi connectivity index (χ4n) is 3.59. The first kappa shape index (κ1) is 18.6. The molecule has 3 heterocycles. The number of carbonyl (C=O) groups excluding carboxylic acids is 1. The van der Waals surface area contributed by atoms with Crippen molar-refractivity contribution in [3.8, 4) is 0 Å². The summed E-state index contributed by atoms with van der Waals surface area (Å²) in [5, 5.41) is 4.44. The molecule has 0 bridgehead atoms. The topological polar surface area (TPSA) is 82.6 Å². The van der Waals surface area contributed by atoms with Gasteiger partial charge in [0.15, 0.2) is 0 Å². The van der Waals surface area contributed by atoms with Crippen LogP contribution in [0, 0.1) is 0 Å². The molecule has 1 amide bonds. The molecule has 1 aromatic carbocycles. The fourth-order valence-corrected chi connectivity index (χ4v) is 5.65. The highest BCUT2D eigenvalue weighted by Gasteiger charge is 2.34. The molecule has 27 heavy (non-hydrogen) atoms. The van der Waals surface area contributed by atoms with Crippen molar-refractivity contribution in [2.24, 2.45) is 0 Å². The first-order chi connectivity index (χ1) is 12.9. The lowest BCUT2D eigenvalue weighted by Crippen LogP contribution is -2.47. The number of likely N-dealkylation sites (tertiary alicyclic amines) is 1. The molecule has 7 nitrogen and oxygen atoms in total. The van der Waals surface area contributed by atoms with Crippen LogP contribution >= 0.6 is 11.6 Å². The summed E-state index contributed by atoms with van der Waals surface area (Å²) in [5.41, 5.74) is 0. The second-order valence-corrected chi connectivity index (χ2v) is 9.34. The lowest BCUT2D eigenvalue weighted by atomic mass is 10.2. The van der Waals surface area contributed by atoms with E-state index < -0.39 is 10.0 Å². The standard InChI is InChI=1S/C18H21ClN4O3S/c19-15-10-20-9-13-3-1-4-16(18(13)15)27(25,26)23-8-5-14(11-23)21-17(24)12-22-6-2-7-22/h1,3-4,9-10,14H,2,5-8,11-12H2,(H,21,24)/t14-/m1/s1. The van der Waals surface area contributed by atoms with E-state index in [4.69, 9.17) is 11.6 Å². The first-order valence-electron chi connectivity index (χ1n) is 8.99. The maximum absolute atomic E-state index is 13.2. The minimum Gasteiger partial charge on any atom is -0.351 e. The normalized spacial score (nSPS) is 21.3. The van der Waals surface area contributed by atoms with Gasteiger partial charge < -0.3 is 5.32 Å². The molecule has 144 valence electrons. The number of fused-ring (bicyclic) bond motifs is 1. The van der Waals surface area contributed by atoms with Crippen molar-refractivity contribution in [3.05, 3.63) is 35.6 Å². The molecule has 0 unspecified atom stereocenters. The Morgan fingerprint density at radius 3 is 2.81 bits per heavy atom. The smallest absolute Gasteiger partial charge is 0.243 e. The van der Waals surface area contributed by atoms with Crippen LogP contribution in [-0.4, -0.2) is 67.3 Å². The minimum atomic E-state index is -3.71. The number of nitrogens with one attached hydrogen (secondary N) is 1. The van der Waals surface area contributed by atoms with Crippen molar-refractivity contribution in [1.29, 1.82) is 0 Å². The lowest BCUT2D eigenvalue weighted by molar-refractivity contribution is -0.123. The van der Waals surface area contributed by atoms with E-state index in [1.165, 1.54) is 10.5 Å². The average molecular weight is 409 g/mol. The van der Waals surface area contributed by atoms with E-state index in [1.807, 2.05) is 0 Å². The van der Waals surface area contributed by atoms with Crippen LogP contribution in [0.5, 0.6) is 0 Å². The summed E-state index contributed by atoms with van der Waals surface area (Å²) in [4.78, 5) is 18.4. The monoisotopic (exact) mass is 408 g/mol. The predicted molar refractivity (Wildman–Crippen MR) is 103 cm³/mol. The zero-order valence-electron chi connectivity index (χ0n) is 14.8. The van der Waals surface area contributed by atoms with Gasteiger partial charge in [-0.25, -0.2) is 8.42 Å². The molecule has 2 saturated heterocycles. The number of rotatable bonds is 5. The molecular formula is C18H21ClN4O3S. The zero-order valence-corrected chi connectivity index (χ0v) is 16.3. The van der Waals surface area contributed by atoms with E-state index in [9.17, 15) is 13.2 Å². The van der Waals surface area contributed by atoms with Gasteiger partial charge in [-0.15, -0.1) is 0 Å². The largest absolute Gasteiger partial charge is 0.351 e. The fraction of sp³-hybridized carbons (Fsp3) is 0.444. The SMILES string of the molecule is O=C(CN1CCC1)N[C@@H]1CCN(S(=O)(=O)c2cccc3cncc(Cl)c23)C1. The van der Waals surface area contributed by atoms with Crippen molar-refractivity contribution in [1.82, 2.24) is 19.5 Å². The van der Waals surface area contributed by atoms with Gasteiger partial charge in [0.2, 0.25) is 15.9 Å². The van der Waals surface area contributed by atoms with Crippen LogP contribution in [-0.2, 0) is 14.8 Å². The highest BCUT2D eigenvalue weighted by molar-refractivity contribution is 7.89. The van der Waals surface area contributed by atoms with E-state index in [0.29, 0.717) is 35.3 Å². The van der Waals surface area contributed by atoms with Crippen LogP contribution in [0.2, 0.25) is 5.02 Å². The van der Waals surface area contributed by atoms with Crippen LogP contribution in [0.4, 0.5) is 0 Å². The number of hydrogen-bond donors (Lipinski definition) is 1. The van der Waals surface area contributed by atoms with Gasteiger partial charge >= 0.3 is 0 Å². The summed E-state index contributed by atoms with van der Waals surface area (Å²) in [7, 11) is -3.71. The molecule has 2 aromatic rings. The third-order valence-corrected chi connectivity index (χ3v) is 7.34. The van der Waals surface area contributed by atoms with Gasteiger partial charge in [0.1, 0.15) is 0 Å². The van der Waals surface area contributed by atoms with Crippen molar-refractivity contribution in [2.45, 2.75) is 23.8 Å². The zero-order chi connectivity index (χ0) is 19.0. The molecule has 4 rings (SSSR count). The molecule has 2 aliphatic rings.